The van der Waals surface area contributed by atoms with Crippen molar-refractivity contribution in [1.29, 1.82) is 0 Å². The summed E-state index contributed by atoms with van der Waals surface area (Å²) in [6, 6.07) is 0. The van der Waals surface area contributed by atoms with Crippen LogP contribution in [0.25, 0.3) is 0 Å². The first-order valence-electron chi connectivity index (χ1n) is 9.52. The zero-order valence-corrected chi connectivity index (χ0v) is 15.1. The van der Waals surface area contributed by atoms with E-state index in [1.54, 1.807) is 0 Å². The van der Waals surface area contributed by atoms with E-state index in [2.05, 4.69) is 6.92 Å². The Kier molecular flexibility index (Phi) is 10.7. The number of alkyl halides is 4. The lowest BCUT2D eigenvalue weighted by Crippen LogP contribution is -2.43. The van der Waals surface area contributed by atoms with Gasteiger partial charge in [0.2, 0.25) is 0 Å². The van der Waals surface area contributed by atoms with Crippen molar-refractivity contribution in [2.45, 2.75) is 96.8 Å². The molecule has 3 fully saturated rings. The molecule has 0 bridgehead atoms. The average Bonchev–Trinajstić information content (AvgIpc) is 2.53. The second-order valence-corrected chi connectivity index (χ2v) is 8.48. The molecule has 160 valence electrons. The van der Waals surface area contributed by atoms with E-state index in [-0.39, 0.29) is 44.5 Å². The molecule has 0 amide bonds. The van der Waals surface area contributed by atoms with Crippen LogP contribution in [0.3, 0.4) is 0 Å². The van der Waals surface area contributed by atoms with Gasteiger partial charge in [0.15, 0.2) is 6.17 Å². The van der Waals surface area contributed by atoms with E-state index in [0.717, 1.165) is 18.8 Å². The molecule has 0 aromatic rings. The first kappa shape index (κ1) is 25.6. The molecule has 3 aliphatic carbocycles. The third-order valence-electron chi connectivity index (χ3n) is 6.94. The van der Waals surface area contributed by atoms with E-state index in [1.807, 2.05) is 0 Å². The lowest BCUT2D eigenvalue weighted by atomic mass is 9.64. The maximum atomic E-state index is 14.7. The molecule has 2 nitrogen and oxygen atoms in total. The Morgan fingerprint density at radius 3 is 1.58 bits per heavy atom. The molecule has 3 saturated carbocycles. The summed E-state index contributed by atoms with van der Waals surface area (Å²) in [6.07, 6.45) is 0.658. The summed E-state index contributed by atoms with van der Waals surface area (Å²) >= 11 is 0. The monoisotopic (exact) mass is 388 g/mol. The fraction of sp³-hybridized carbons (Fsp3) is 1.00. The third kappa shape index (κ3) is 5.57. The maximum Gasteiger partial charge on any atom is 0.162 e. The Labute approximate surface area is 157 Å². The molecule has 5 unspecified atom stereocenters. The van der Waals surface area contributed by atoms with Crippen LogP contribution >= 0.6 is 0 Å². The minimum Gasteiger partial charge on any atom is -0.412 e. The van der Waals surface area contributed by atoms with Gasteiger partial charge in [-0.1, -0.05) is 27.2 Å². The highest BCUT2D eigenvalue weighted by molar-refractivity contribution is 4.94. The predicted molar refractivity (Wildman–Crippen MR) is 100 cm³/mol. The smallest absolute Gasteiger partial charge is 0.162 e. The van der Waals surface area contributed by atoms with Gasteiger partial charge in [-0.2, -0.15) is 0 Å². The summed E-state index contributed by atoms with van der Waals surface area (Å²) in [5.74, 6) is 1.28. The molecule has 0 spiro atoms. The van der Waals surface area contributed by atoms with Crippen molar-refractivity contribution in [3.63, 3.8) is 0 Å². The van der Waals surface area contributed by atoms with Gasteiger partial charge < -0.3 is 11.0 Å². The fourth-order valence-corrected chi connectivity index (χ4v) is 5.40. The Hall–Kier alpha value is -0.360. The highest BCUT2D eigenvalue weighted by Crippen LogP contribution is 2.47. The van der Waals surface area contributed by atoms with Gasteiger partial charge in [0.25, 0.3) is 0 Å². The van der Waals surface area contributed by atoms with Gasteiger partial charge in [0, 0.05) is 1.43 Å². The van der Waals surface area contributed by atoms with Crippen LogP contribution < -0.4 is 0 Å². The maximum absolute atomic E-state index is 14.7. The third-order valence-corrected chi connectivity index (χ3v) is 6.94. The van der Waals surface area contributed by atoms with Crippen LogP contribution in [-0.2, 0) is 0 Å². The molecule has 0 aromatic carbocycles. The van der Waals surface area contributed by atoms with Crippen LogP contribution in [0.1, 0.15) is 73.6 Å². The van der Waals surface area contributed by atoms with Crippen LogP contribution in [0, 0.1) is 29.6 Å². The Balaban J connectivity index is 0. The summed E-state index contributed by atoms with van der Waals surface area (Å²) in [7, 11) is 0. The topological polar surface area (TPSA) is 63.0 Å². The summed E-state index contributed by atoms with van der Waals surface area (Å²) in [6.45, 7) is 2.28. The minimum atomic E-state index is -2.01. The first-order chi connectivity index (χ1) is 11.0. The first-order valence-corrected chi connectivity index (χ1v) is 9.52. The molecule has 0 aromatic heterocycles. The number of rotatable bonds is 2. The van der Waals surface area contributed by atoms with E-state index in [9.17, 15) is 17.6 Å². The standard InChI is InChI=1S/C19H30F4.CH4.2H2O.H2/c1-11-2-4-12(5-3-11)13-6-7-15(16(20)8-13)14-9-17(21)19(23)18(22)10-14;;;;/h11-19H,2-10H2,1H3;1H4;2*1H2;1H. The second kappa shape index (κ2) is 10.8. The summed E-state index contributed by atoms with van der Waals surface area (Å²) < 4.78 is 55.3. The van der Waals surface area contributed by atoms with E-state index >= 15 is 0 Å². The number of hydrogen-bond acceptors (Lipinski definition) is 0. The van der Waals surface area contributed by atoms with E-state index < -0.39 is 24.7 Å². The van der Waals surface area contributed by atoms with Crippen molar-refractivity contribution in [2.24, 2.45) is 29.6 Å². The van der Waals surface area contributed by atoms with Gasteiger partial charge in [0.1, 0.15) is 18.5 Å². The largest absolute Gasteiger partial charge is 0.412 e. The van der Waals surface area contributed by atoms with E-state index in [0.29, 0.717) is 18.3 Å². The quantitative estimate of drug-likeness (QED) is 0.582. The van der Waals surface area contributed by atoms with Crippen molar-refractivity contribution in [1.82, 2.24) is 0 Å². The lowest BCUT2D eigenvalue weighted by molar-refractivity contribution is -0.0285. The molecule has 26 heavy (non-hydrogen) atoms. The van der Waals surface area contributed by atoms with Crippen LogP contribution in [0.2, 0.25) is 0 Å². The van der Waals surface area contributed by atoms with Gasteiger partial charge in [0.05, 0.1) is 0 Å². The Morgan fingerprint density at radius 2 is 1.08 bits per heavy atom. The molecule has 5 atom stereocenters. The molecule has 0 heterocycles. The highest BCUT2D eigenvalue weighted by atomic mass is 19.2. The Morgan fingerprint density at radius 1 is 0.615 bits per heavy atom. The van der Waals surface area contributed by atoms with Gasteiger partial charge in [-0.25, -0.2) is 17.6 Å². The molecule has 6 heteroatoms. The summed E-state index contributed by atoms with van der Waals surface area (Å²) in [5, 5.41) is 0. The van der Waals surface area contributed by atoms with E-state index in [4.69, 9.17) is 0 Å². The van der Waals surface area contributed by atoms with Crippen LogP contribution in [0.15, 0.2) is 0 Å². The molecular formula is C20H40F4O2. The van der Waals surface area contributed by atoms with Gasteiger partial charge in [-0.05, 0) is 74.5 Å². The number of hydrogen-bond donors (Lipinski definition) is 0. The molecule has 0 radical (unpaired) electrons. The molecular weight excluding hydrogens is 348 g/mol. The average molecular weight is 389 g/mol. The lowest BCUT2D eigenvalue weighted by Gasteiger charge is -2.43. The zero-order chi connectivity index (χ0) is 16.6. The van der Waals surface area contributed by atoms with Crippen molar-refractivity contribution in [3.05, 3.63) is 0 Å². The number of halogens is 4. The van der Waals surface area contributed by atoms with Crippen molar-refractivity contribution >= 4 is 0 Å². The molecule has 0 aliphatic heterocycles. The predicted octanol–water partition coefficient (Wildman–Crippen LogP) is 5.22. The zero-order valence-electron chi connectivity index (χ0n) is 15.1. The SMILES string of the molecule is C.CC1CCC(C2CCC(C3CC(F)C(F)C(F)C3)C(F)C2)CC1.O.O.[HH]. The summed E-state index contributed by atoms with van der Waals surface area (Å²) in [5.41, 5.74) is 0. The molecule has 0 saturated heterocycles. The molecule has 4 N–H and O–H groups in total. The van der Waals surface area contributed by atoms with Gasteiger partial charge in [-0.15, -0.1) is 0 Å². The summed E-state index contributed by atoms with van der Waals surface area (Å²) in [4.78, 5) is 0. The minimum absolute atomic E-state index is 0. The second-order valence-electron chi connectivity index (χ2n) is 8.48. The van der Waals surface area contributed by atoms with Gasteiger partial charge in [-0.3, -0.25) is 0 Å². The van der Waals surface area contributed by atoms with Crippen molar-refractivity contribution in [3.8, 4) is 0 Å². The van der Waals surface area contributed by atoms with E-state index in [1.165, 1.54) is 25.7 Å². The highest BCUT2D eigenvalue weighted by Gasteiger charge is 2.45. The van der Waals surface area contributed by atoms with Crippen molar-refractivity contribution in [2.75, 3.05) is 0 Å². The normalized spacial score (nSPS) is 46.3. The Bertz CT molecular complexity index is 384. The fourth-order valence-electron chi connectivity index (χ4n) is 5.40. The van der Waals surface area contributed by atoms with Crippen molar-refractivity contribution < 1.29 is 29.9 Å². The van der Waals surface area contributed by atoms with Crippen LogP contribution in [0.5, 0.6) is 0 Å². The molecule has 3 aliphatic rings. The van der Waals surface area contributed by atoms with Crippen LogP contribution in [0.4, 0.5) is 17.6 Å². The molecule has 3 rings (SSSR count). The van der Waals surface area contributed by atoms with Gasteiger partial charge >= 0.3 is 0 Å². The van der Waals surface area contributed by atoms with Crippen LogP contribution in [-0.4, -0.2) is 35.6 Å².